The van der Waals surface area contributed by atoms with E-state index in [1.54, 1.807) is 12.1 Å². The van der Waals surface area contributed by atoms with E-state index in [4.69, 9.17) is 4.74 Å². The first-order valence-electron chi connectivity index (χ1n) is 5.54. The highest BCUT2D eigenvalue weighted by Crippen LogP contribution is 2.14. The van der Waals surface area contributed by atoms with Gasteiger partial charge in [-0.1, -0.05) is 0 Å². The lowest BCUT2D eigenvalue weighted by molar-refractivity contribution is -0.114. The summed E-state index contributed by atoms with van der Waals surface area (Å²) < 4.78 is 4.84. The van der Waals surface area contributed by atoms with Gasteiger partial charge in [-0.25, -0.2) is 0 Å². The number of rotatable bonds is 2. The Morgan fingerprint density at radius 2 is 2.00 bits per heavy atom. The number of aromatic nitrogens is 1. The molecule has 19 heavy (non-hydrogen) atoms. The molecule has 0 spiro atoms. The van der Waals surface area contributed by atoms with Crippen LogP contribution in [0.2, 0.25) is 0 Å². The lowest BCUT2D eigenvalue weighted by Crippen LogP contribution is -2.06. The van der Waals surface area contributed by atoms with Gasteiger partial charge in [0.15, 0.2) is 11.2 Å². The second-order valence-corrected chi connectivity index (χ2v) is 3.97. The summed E-state index contributed by atoms with van der Waals surface area (Å²) in [4.78, 5) is 37.2. The molecule has 1 aromatic carbocycles. The zero-order valence-corrected chi connectivity index (χ0v) is 10.4. The highest BCUT2D eigenvalue weighted by Gasteiger charge is 2.05. The van der Waals surface area contributed by atoms with Gasteiger partial charge in [0, 0.05) is 24.1 Å². The van der Waals surface area contributed by atoms with E-state index < -0.39 is 5.56 Å². The maximum atomic E-state index is 12.0. The number of benzene rings is 1. The molecule has 1 aromatic heterocycles. The smallest absolute Gasteiger partial charge is 0.290 e. The maximum Gasteiger partial charge on any atom is 0.290 e. The van der Waals surface area contributed by atoms with Crippen LogP contribution in [0.1, 0.15) is 6.92 Å². The molecule has 0 aliphatic carbocycles. The molecule has 0 bridgehead atoms. The van der Waals surface area contributed by atoms with Gasteiger partial charge in [0.1, 0.15) is 0 Å². The van der Waals surface area contributed by atoms with Gasteiger partial charge in [-0.2, -0.15) is 0 Å². The molecular weight excluding hydrogens is 248 g/mol. The number of carbonyl (C=O) groups excluding carboxylic acids is 1. The largest absolute Gasteiger partial charge is 0.491 e. The summed E-state index contributed by atoms with van der Waals surface area (Å²) in [6.07, 6.45) is 0. The third kappa shape index (κ3) is 2.62. The summed E-state index contributed by atoms with van der Waals surface area (Å²) in [6.45, 7) is 1.37. The standard InChI is InChI=1S/C13H12N2O4/c1-7(16)14-8-3-4-10-9(5-8)11(17)6-12(19-2)13(18)15-10/h3-6H,1-2H3,(H,14,16)(H,15,18). The fourth-order valence-corrected chi connectivity index (χ4v) is 1.74. The molecule has 0 radical (unpaired) electrons. The number of fused-ring (bicyclic) bond motifs is 1. The van der Waals surface area contributed by atoms with E-state index in [2.05, 4.69) is 10.3 Å². The van der Waals surface area contributed by atoms with Crippen LogP contribution in [0.4, 0.5) is 5.69 Å². The molecule has 0 atom stereocenters. The SMILES string of the molecule is COc1cc(=O)c2cc(NC(C)=O)ccc2[nH]c1=O. The number of nitrogens with one attached hydrogen (secondary N) is 2. The number of aromatic amines is 1. The fraction of sp³-hybridized carbons (Fsp3) is 0.154. The second-order valence-electron chi connectivity index (χ2n) is 3.97. The number of ether oxygens (including phenoxy) is 1. The van der Waals surface area contributed by atoms with Crippen molar-refractivity contribution in [2.24, 2.45) is 0 Å². The van der Waals surface area contributed by atoms with E-state index >= 15 is 0 Å². The van der Waals surface area contributed by atoms with Crippen LogP contribution in [0.5, 0.6) is 5.75 Å². The first-order chi connectivity index (χ1) is 9.01. The summed E-state index contributed by atoms with van der Waals surface area (Å²) in [7, 11) is 1.32. The molecular formula is C13H12N2O4. The third-order valence-corrected chi connectivity index (χ3v) is 2.56. The van der Waals surface area contributed by atoms with E-state index in [1.165, 1.54) is 20.1 Å². The summed E-state index contributed by atoms with van der Waals surface area (Å²) >= 11 is 0. The van der Waals surface area contributed by atoms with Crippen molar-refractivity contribution in [3.05, 3.63) is 44.8 Å². The molecule has 0 aliphatic heterocycles. The Morgan fingerprint density at radius 3 is 2.63 bits per heavy atom. The highest BCUT2D eigenvalue weighted by atomic mass is 16.5. The summed E-state index contributed by atoms with van der Waals surface area (Å²) in [5.41, 5.74) is 0.0230. The average molecular weight is 260 g/mol. The van der Waals surface area contributed by atoms with Crippen molar-refractivity contribution in [3.63, 3.8) is 0 Å². The lowest BCUT2D eigenvalue weighted by Gasteiger charge is -2.01. The zero-order valence-electron chi connectivity index (χ0n) is 10.4. The number of H-pyrrole nitrogens is 1. The quantitative estimate of drug-likeness (QED) is 0.838. The Morgan fingerprint density at radius 1 is 1.26 bits per heavy atom. The lowest BCUT2D eigenvalue weighted by atomic mass is 10.2. The van der Waals surface area contributed by atoms with Gasteiger partial charge in [-0.3, -0.25) is 14.4 Å². The summed E-state index contributed by atoms with van der Waals surface area (Å²) in [6, 6.07) is 5.79. The number of anilines is 1. The second kappa shape index (κ2) is 4.93. The molecule has 0 fully saturated rings. The van der Waals surface area contributed by atoms with Crippen LogP contribution in [0.25, 0.3) is 10.9 Å². The van der Waals surface area contributed by atoms with Crippen molar-refractivity contribution in [2.45, 2.75) is 6.92 Å². The minimum absolute atomic E-state index is 0.0534. The average Bonchev–Trinajstić information content (AvgIpc) is 2.47. The molecule has 0 saturated heterocycles. The molecule has 0 saturated carbocycles. The third-order valence-electron chi connectivity index (χ3n) is 2.56. The Balaban J connectivity index is 2.77. The number of methoxy groups -OCH3 is 1. The van der Waals surface area contributed by atoms with Gasteiger partial charge in [-0.15, -0.1) is 0 Å². The van der Waals surface area contributed by atoms with Crippen LogP contribution in [0.15, 0.2) is 33.9 Å². The summed E-state index contributed by atoms with van der Waals surface area (Å²) in [5, 5.41) is 2.87. The van der Waals surface area contributed by atoms with E-state index in [0.29, 0.717) is 16.6 Å². The molecule has 1 heterocycles. The monoisotopic (exact) mass is 260 g/mol. The molecule has 98 valence electrons. The van der Waals surface area contributed by atoms with Gasteiger partial charge >= 0.3 is 0 Å². The van der Waals surface area contributed by atoms with Crippen LogP contribution in [-0.2, 0) is 4.79 Å². The van der Waals surface area contributed by atoms with Gasteiger partial charge in [0.25, 0.3) is 5.56 Å². The Kier molecular flexibility index (Phi) is 3.33. The number of amides is 1. The Bertz CT molecular complexity index is 765. The van der Waals surface area contributed by atoms with Gasteiger partial charge in [0.05, 0.1) is 12.6 Å². The van der Waals surface area contributed by atoms with Gasteiger partial charge in [0.2, 0.25) is 5.91 Å². The van der Waals surface area contributed by atoms with Crippen molar-refractivity contribution in [3.8, 4) is 5.75 Å². The van der Waals surface area contributed by atoms with Crippen LogP contribution >= 0.6 is 0 Å². The first kappa shape index (κ1) is 12.8. The van der Waals surface area contributed by atoms with E-state index in [1.807, 2.05) is 0 Å². The summed E-state index contributed by atoms with van der Waals surface area (Å²) in [5.74, 6) is -0.291. The molecule has 0 aliphatic rings. The normalized spacial score (nSPS) is 10.2. The van der Waals surface area contributed by atoms with Crippen LogP contribution in [-0.4, -0.2) is 18.0 Å². The van der Waals surface area contributed by atoms with Crippen molar-refractivity contribution >= 4 is 22.5 Å². The first-order valence-corrected chi connectivity index (χ1v) is 5.54. The predicted molar refractivity (Wildman–Crippen MR) is 71.7 cm³/mol. The van der Waals surface area contributed by atoms with Crippen molar-refractivity contribution in [2.75, 3.05) is 12.4 Å². The number of hydrogen-bond acceptors (Lipinski definition) is 4. The molecule has 6 nitrogen and oxygen atoms in total. The molecule has 2 N–H and O–H groups in total. The van der Waals surface area contributed by atoms with Gasteiger partial charge < -0.3 is 15.0 Å². The predicted octanol–water partition coefficient (Wildman–Crippen LogP) is 0.855. The van der Waals surface area contributed by atoms with E-state index in [-0.39, 0.29) is 17.1 Å². The van der Waals surface area contributed by atoms with Crippen molar-refractivity contribution in [1.82, 2.24) is 4.98 Å². The highest BCUT2D eigenvalue weighted by molar-refractivity contribution is 5.92. The zero-order chi connectivity index (χ0) is 14.0. The Labute approximate surface area is 108 Å². The fourth-order valence-electron chi connectivity index (χ4n) is 1.74. The minimum Gasteiger partial charge on any atom is -0.491 e. The molecule has 2 rings (SSSR count). The molecule has 0 unspecified atom stereocenters. The minimum atomic E-state index is -0.484. The number of hydrogen-bond donors (Lipinski definition) is 2. The van der Waals surface area contributed by atoms with Crippen LogP contribution < -0.4 is 21.0 Å². The number of carbonyl (C=O) groups is 1. The molecule has 1 amide bonds. The maximum absolute atomic E-state index is 12.0. The topological polar surface area (TPSA) is 88.3 Å². The Hall–Kier alpha value is -2.63. The van der Waals surface area contributed by atoms with E-state index in [0.717, 1.165) is 6.07 Å². The van der Waals surface area contributed by atoms with Crippen molar-refractivity contribution < 1.29 is 9.53 Å². The van der Waals surface area contributed by atoms with Crippen molar-refractivity contribution in [1.29, 1.82) is 0 Å². The molecule has 2 aromatic rings. The van der Waals surface area contributed by atoms with Crippen LogP contribution in [0.3, 0.4) is 0 Å². The van der Waals surface area contributed by atoms with Crippen LogP contribution in [0, 0.1) is 0 Å². The van der Waals surface area contributed by atoms with Gasteiger partial charge in [-0.05, 0) is 18.2 Å². The van der Waals surface area contributed by atoms with E-state index in [9.17, 15) is 14.4 Å². The molecule has 6 heteroatoms.